The molecule has 124 valence electrons. The number of aromatic hydroxyl groups is 1. The maximum Gasteiger partial charge on any atom is 0.123 e. The van der Waals surface area contributed by atoms with Gasteiger partial charge in [0.15, 0.2) is 0 Å². The van der Waals surface area contributed by atoms with Gasteiger partial charge in [0, 0.05) is 19.2 Å². The van der Waals surface area contributed by atoms with E-state index in [2.05, 4.69) is 0 Å². The second-order valence-corrected chi connectivity index (χ2v) is 5.39. The molecule has 0 saturated carbocycles. The Kier molecular flexibility index (Phi) is 6.72. The molecule has 0 aromatic heterocycles. The monoisotopic (exact) mass is 317 g/mol. The van der Waals surface area contributed by atoms with Gasteiger partial charge < -0.3 is 24.6 Å². The van der Waals surface area contributed by atoms with E-state index < -0.39 is 6.10 Å². The summed E-state index contributed by atoms with van der Waals surface area (Å²) in [5.41, 5.74) is 0. The van der Waals surface area contributed by atoms with Gasteiger partial charge in [0.05, 0.1) is 0 Å². The van der Waals surface area contributed by atoms with E-state index in [1.54, 1.807) is 18.2 Å². The first-order valence-corrected chi connectivity index (χ1v) is 7.60. The minimum Gasteiger partial charge on any atom is -0.508 e. The fourth-order valence-electron chi connectivity index (χ4n) is 2.11. The molecule has 1 unspecified atom stereocenters. The van der Waals surface area contributed by atoms with Gasteiger partial charge in [-0.3, -0.25) is 0 Å². The fourth-order valence-corrected chi connectivity index (χ4v) is 2.11. The summed E-state index contributed by atoms with van der Waals surface area (Å²) in [5.74, 6) is 1.53. The summed E-state index contributed by atoms with van der Waals surface area (Å²) in [7, 11) is 1.92. The van der Waals surface area contributed by atoms with Crippen LogP contribution in [0.1, 0.15) is 0 Å². The van der Waals surface area contributed by atoms with E-state index in [4.69, 9.17) is 9.47 Å². The van der Waals surface area contributed by atoms with Gasteiger partial charge in [0.25, 0.3) is 0 Å². The van der Waals surface area contributed by atoms with Crippen LogP contribution in [-0.2, 0) is 0 Å². The number of benzene rings is 2. The molecule has 2 N–H and O–H groups in total. The summed E-state index contributed by atoms with van der Waals surface area (Å²) in [6.07, 6.45) is -0.612. The highest BCUT2D eigenvalue weighted by molar-refractivity contribution is 5.31. The van der Waals surface area contributed by atoms with Crippen molar-refractivity contribution in [3.05, 3.63) is 54.6 Å². The second kappa shape index (κ2) is 9.02. The quantitative estimate of drug-likeness (QED) is 0.742. The number of phenolic OH excluding ortho intramolecular Hbond substituents is 1. The van der Waals surface area contributed by atoms with E-state index in [-0.39, 0.29) is 12.4 Å². The van der Waals surface area contributed by atoms with E-state index in [1.807, 2.05) is 42.3 Å². The molecule has 23 heavy (non-hydrogen) atoms. The molecule has 0 aliphatic rings. The molecule has 0 bridgehead atoms. The van der Waals surface area contributed by atoms with E-state index in [0.717, 1.165) is 5.75 Å². The van der Waals surface area contributed by atoms with Crippen LogP contribution in [0.3, 0.4) is 0 Å². The van der Waals surface area contributed by atoms with Crippen LogP contribution in [0.5, 0.6) is 17.2 Å². The molecule has 2 rings (SSSR count). The number of ether oxygens (including phenoxy) is 2. The highest BCUT2D eigenvalue weighted by Crippen LogP contribution is 2.17. The first kappa shape index (κ1) is 17.1. The number of aliphatic hydroxyl groups is 1. The minimum absolute atomic E-state index is 0.146. The van der Waals surface area contributed by atoms with Crippen molar-refractivity contribution in [3.63, 3.8) is 0 Å². The molecule has 0 heterocycles. The van der Waals surface area contributed by atoms with Gasteiger partial charge in [-0.25, -0.2) is 0 Å². The summed E-state index contributed by atoms with van der Waals surface area (Å²) in [5, 5.41) is 19.3. The Morgan fingerprint density at radius 2 is 1.74 bits per heavy atom. The number of hydrogen-bond acceptors (Lipinski definition) is 5. The Balaban J connectivity index is 1.63. The van der Waals surface area contributed by atoms with Crippen LogP contribution in [-0.4, -0.2) is 54.6 Å². The molecule has 2 aromatic carbocycles. The van der Waals surface area contributed by atoms with Crippen LogP contribution >= 0.6 is 0 Å². The van der Waals surface area contributed by atoms with Gasteiger partial charge in [-0.1, -0.05) is 24.3 Å². The zero-order valence-corrected chi connectivity index (χ0v) is 13.3. The average molecular weight is 317 g/mol. The van der Waals surface area contributed by atoms with E-state index in [0.29, 0.717) is 25.4 Å². The smallest absolute Gasteiger partial charge is 0.123 e. The first-order chi connectivity index (χ1) is 11.1. The SMILES string of the molecule is CN(CCOc1ccccc1)CC(O)COc1cccc(O)c1. The molecule has 0 fully saturated rings. The first-order valence-electron chi connectivity index (χ1n) is 7.60. The summed E-state index contributed by atoms with van der Waals surface area (Å²) >= 11 is 0. The molecule has 2 aromatic rings. The summed E-state index contributed by atoms with van der Waals surface area (Å²) in [4.78, 5) is 1.99. The zero-order chi connectivity index (χ0) is 16.5. The Hall–Kier alpha value is -2.24. The Bertz CT molecular complexity index is 576. The predicted octanol–water partition coefficient (Wildman–Crippen LogP) is 2.14. The van der Waals surface area contributed by atoms with Gasteiger partial charge in [-0.15, -0.1) is 0 Å². The van der Waals surface area contributed by atoms with Crippen molar-refractivity contribution in [1.82, 2.24) is 4.90 Å². The number of hydrogen-bond donors (Lipinski definition) is 2. The molecule has 5 nitrogen and oxygen atoms in total. The van der Waals surface area contributed by atoms with Crippen molar-refractivity contribution in [2.24, 2.45) is 0 Å². The van der Waals surface area contributed by atoms with Gasteiger partial charge in [0.2, 0.25) is 0 Å². The number of nitrogens with zero attached hydrogens (tertiary/aromatic N) is 1. The Morgan fingerprint density at radius 1 is 1.00 bits per heavy atom. The zero-order valence-electron chi connectivity index (χ0n) is 13.3. The third-order valence-electron chi connectivity index (χ3n) is 3.27. The number of aliphatic hydroxyl groups excluding tert-OH is 1. The van der Waals surface area contributed by atoms with Crippen molar-refractivity contribution in [2.75, 3.05) is 33.4 Å². The molecule has 0 spiro atoms. The normalized spacial score (nSPS) is 12.1. The second-order valence-electron chi connectivity index (χ2n) is 5.39. The van der Waals surface area contributed by atoms with Crippen molar-refractivity contribution < 1.29 is 19.7 Å². The predicted molar refractivity (Wildman–Crippen MR) is 89.0 cm³/mol. The van der Waals surface area contributed by atoms with Gasteiger partial charge in [-0.05, 0) is 31.3 Å². The molecule has 0 aliphatic carbocycles. The minimum atomic E-state index is -0.612. The number of rotatable bonds is 9. The van der Waals surface area contributed by atoms with Crippen LogP contribution in [0, 0.1) is 0 Å². The van der Waals surface area contributed by atoms with Gasteiger partial charge in [0.1, 0.15) is 36.6 Å². The maximum absolute atomic E-state index is 10.00. The van der Waals surface area contributed by atoms with Crippen LogP contribution in [0.25, 0.3) is 0 Å². The van der Waals surface area contributed by atoms with Gasteiger partial charge >= 0.3 is 0 Å². The molecule has 0 amide bonds. The van der Waals surface area contributed by atoms with Crippen LogP contribution in [0.2, 0.25) is 0 Å². The largest absolute Gasteiger partial charge is 0.508 e. The van der Waals surface area contributed by atoms with E-state index in [1.165, 1.54) is 6.07 Å². The standard InChI is InChI=1S/C18H23NO4/c1-19(10-11-22-17-7-3-2-4-8-17)13-16(21)14-23-18-9-5-6-15(20)12-18/h2-9,12,16,20-21H,10-11,13-14H2,1H3. The maximum atomic E-state index is 10.00. The molecule has 0 radical (unpaired) electrons. The van der Waals surface area contributed by atoms with Crippen molar-refractivity contribution in [3.8, 4) is 17.2 Å². The fraction of sp³-hybridized carbons (Fsp3) is 0.333. The lowest BCUT2D eigenvalue weighted by Gasteiger charge is -2.21. The van der Waals surface area contributed by atoms with Gasteiger partial charge in [-0.2, -0.15) is 0 Å². The summed E-state index contributed by atoms with van der Waals surface area (Å²) in [6, 6.07) is 16.2. The number of phenols is 1. The molecular weight excluding hydrogens is 294 g/mol. The summed E-state index contributed by atoms with van der Waals surface area (Å²) in [6.45, 7) is 1.92. The topological polar surface area (TPSA) is 62.2 Å². The third-order valence-corrected chi connectivity index (χ3v) is 3.27. The lowest BCUT2D eigenvalue weighted by Crippen LogP contribution is -2.35. The molecular formula is C18H23NO4. The number of likely N-dealkylation sites (N-methyl/N-ethyl adjacent to an activating group) is 1. The molecule has 0 aliphatic heterocycles. The lowest BCUT2D eigenvalue weighted by atomic mass is 10.3. The van der Waals surface area contributed by atoms with Crippen molar-refractivity contribution >= 4 is 0 Å². The van der Waals surface area contributed by atoms with Crippen molar-refractivity contribution in [1.29, 1.82) is 0 Å². The summed E-state index contributed by atoms with van der Waals surface area (Å²) < 4.78 is 11.1. The molecule has 0 saturated heterocycles. The Morgan fingerprint density at radius 3 is 2.48 bits per heavy atom. The van der Waals surface area contributed by atoms with E-state index >= 15 is 0 Å². The Labute approximate surface area is 136 Å². The average Bonchev–Trinajstić information content (AvgIpc) is 2.54. The highest BCUT2D eigenvalue weighted by atomic mass is 16.5. The highest BCUT2D eigenvalue weighted by Gasteiger charge is 2.09. The number of para-hydroxylation sites is 1. The van der Waals surface area contributed by atoms with E-state index in [9.17, 15) is 10.2 Å². The van der Waals surface area contributed by atoms with Crippen LogP contribution in [0.4, 0.5) is 0 Å². The third kappa shape index (κ3) is 6.59. The van der Waals surface area contributed by atoms with Crippen molar-refractivity contribution in [2.45, 2.75) is 6.10 Å². The molecule has 1 atom stereocenters. The van der Waals surface area contributed by atoms with Crippen LogP contribution in [0.15, 0.2) is 54.6 Å². The van der Waals surface area contributed by atoms with Crippen LogP contribution < -0.4 is 9.47 Å². The molecule has 5 heteroatoms. The lowest BCUT2D eigenvalue weighted by molar-refractivity contribution is 0.0722.